The largest absolute Gasteiger partial charge is 0.378 e. The summed E-state index contributed by atoms with van der Waals surface area (Å²) in [6, 6.07) is 0. The number of hydrogen-bond acceptors (Lipinski definition) is 5. The quantitative estimate of drug-likeness (QED) is 0.730. The molecule has 2 aliphatic rings. The molecule has 1 fully saturated rings. The average Bonchev–Trinajstić information content (AvgIpc) is 2.93. The SMILES string of the molecule is CCc1nc(Cl)nc2c1N(C)C(=O)C1(CCOC1)N2C. The van der Waals surface area contributed by atoms with Crippen molar-refractivity contribution in [2.45, 2.75) is 25.3 Å². The minimum atomic E-state index is -0.662. The summed E-state index contributed by atoms with van der Waals surface area (Å²) in [7, 11) is 3.64. The molecule has 7 heteroatoms. The number of carbonyl (C=O) groups is 1. The number of nitrogens with zero attached hydrogens (tertiary/aromatic N) is 4. The lowest BCUT2D eigenvalue weighted by Crippen LogP contribution is -2.62. The number of likely N-dealkylation sites (N-methyl/N-ethyl adjacent to an activating group) is 2. The Labute approximate surface area is 122 Å². The number of amides is 1. The zero-order valence-corrected chi connectivity index (χ0v) is 12.6. The van der Waals surface area contributed by atoms with Crippen LogP contribution in [-0.4, -0.2) is 48.7 Å². The first-order valence-electron chi connectivity index (χ1n) is 6.67. The fourth-order valence-corrected chi connectivity index (χ4v) is 3.21. The van der Waals surface area contributed by atoms with Gasteiger partial charge in [0.05, 0.1) is 12.3 Å². The molecule has 3 rings (SSSR count). The van der Waals surface area contributed by atoms with Crippen molar-refractivity contribution in [3.8, 4) is 0 Å². The van der Waals surface area contributed by atoms with Crippen LogP contribution in [0.1, 0.15) is 19.0 Å². The normalized spacial score (nSPS) is 25.5. The Morgan fingerprint density at radius 1 is 1.40 bits per heavy atom. The summed E-state index contributed by atoms with van der Waals surface area (Å²) >= 11 is 6.02. The van der Waals surface area contributed by atoms with Gasteiger partial charge in [0, 0.05) is 27.1 Å². The molecule has 0 radical (unpaired) electrons. The predicted molar refractivity (Wildman–Crippen MR) is 76.4 cm³/mol. The second kappa shape index (κ2) is 4.56. The van der Waals surface area contributed by atoms with Gasteiger partial charge in [-0.2, -0.15) is 4.98 Å². The predicted octanol–water partition coefficient (Wildman–Crippen LogP) is 1.26. The van der Waals surface area contributed by atoms with Crippen molar-refractivity contribution in [1.29, 1.82) is 0 Å². The van der Waals surface area contributed by atoms with Crippen LogP contribution < -0.4 is 9.80 Å². The van der Waals surface area contributed by atoms with E-state index in [-0.39, 0.29) is 11.2 Å². The zero-order chi connectivity index (χ0) is 14.5. The van der Waals surface area contributed by atoms with Crippen LogP contribution in [0, 0.1) is 0 Å². The molecular formula is C13H17ClN4O2. The molecular weight excluding hydrogens is 280 g/mol. The Bertz CT molecular complexity index is 572. The smallest absolute Gasteiger partial charge is 0.255 e. The number of ether oxygens (including phenoxy) is 1. The van der Waals surface area contributed by atoms with Crippen LogP contribution in [0.25, 0.3) is 0 Å². The van der Waals surface area contributed by atoms with Gasteiger partial charge in [0.15, 0.2) is 5.82 Å². The van der Waals surface area contributed by atoms with E-state index in [1.165, 1.54) is 0 Å². The summed E-state index contributed by atoms with van der Waals surface area (Å²) < 4.78 is 5.46. The number of aromatic nitrogens is 2. The number of hydrogen-bond donors (Lipinski definition) is 0. The van der Waals surface area contributed by atoms with Gasteiger partial charge in [-0.3, -0.25) is 4.79 Å². The molecule has 20 heavy (non-hydrogen) atoms. The van der Waals surface area contributed by atoms with Crippen LogP contribution in [0.5, 0.6) is 0 Å². The summed E-state index contributed by atoms with van der Waals surface area (Å²) in [5.74, 6) is 0.736. The number of rotatable bonds is 1. The molecule has 2 aliphatic heterocycles. The van der Waals surface area contributed by atoms with Crippen LogP contribution in [0.2, 0.25) is 5.28 Å². The summed E-state index contributed by atoms with van der Waals surface area (Å²) in [6.07, 6.45) is 1.36. The van der Waals surface area contributed by atoms with E-state index in [0.717, 1.165) is 11.4 Å². The highest BCUT2D eigenvalue weighted by Crippen LogP contribution is 2.43. The third kappa shape index (κ3) is 1.64. The van der Waals surface area contributed by atoms with Crippen LogP contribution in [0.15, 0.2) is 0 Å². The van der Waals surface area contributed by atoms with Crippen molar-refractivity contribution < 1.29 is 9.53 Å². The minimum Gasteiger partial charge on any atom is -0.378 e. The first-order chi connectivity index (χ1) is 9.51. The van der Waals surface area contributed by atoms with Crippen molar-refractivity contribution in [2.24, 2.45) is 0 Å². The van der Waals surface area contributed by atoms with Gasteiger partial charge in [-0.05, 0) is 18.0 Å². The van der Waals surface area contributed by atoms with Gasteiger partial charge in [-0.15, -0.1) is 0 Å². The topological polar surface area (TPSA) is 58.6 Å². The molecule has 3 heterocycles. The zero-order valence-electron chi connectivity index (χ0n) is 11.8. The molecule has 6 nitrogen and oxygen atoms in total. The molecule has 0 bridgehead atoms. The Kier molecular flexibility index (Phi) is 3.10. The Morgan fingerprint density at radius 3 is 2.75 bits per heavy atom. The Balaban J connectivity index is 2.22. The lowest BCUT2D eigenvalue weighted by atomic mass is 9.91. The van der Waals surface area contributed by atoms with Crippen LogP contribution in [0.3, 0.4) is 0 Å². The summed E-state index contributed by atoms with van der Waals surface area (Å²) in [4.78, 5) is 24.9. The third-order valence-corrected chi connectivity index (χ3v) is 4.41. The third-order valence-electron chi connectivity index (χ3n) is 4.24. The van der Waals surface area contributed by atoms with Crippen molar-refractivity contribution >= 4 is 29.0 Å². The van der Waals surface area contributed by atoms with E-state index in [4.69, 9.17) is 16.3 Å². The van der Waals surface area contributed by atoms with Crippen molar-refractivity contribution in [3.05, 3.63) is 11.0 Å². The van der Waals surface area contributed by atoms with E-state index < -0.39 is 5.54 Å². The van der Waals surface area contributed by atoms with Gasteiger partial charge in [-0.1, -0.05) is 6.92 Å². The van der Waals surface area contributed by atoms with Gasteiger partial charge < -0.3 is 14.5 Å². The van der Waals surface area contributed by atoms with Gasteiger partial charge in [0.25, 0.3) is 5.91 Å². The van der Waals surface area contributed by atoms with E-state index in [1.807, 2.05) is 18.9 Å². The van der Waals surface area contributed by atoms with Gasteiger partial charge in [-0.25, -0.2) is 4.98 Å². The summed E-state index contributed by atoms with van der Waals surface area (Å²) in [5.41, 5.74) is 0.878. The molecule has 1 atom stereocenters. The number of carbonyl (C=O) groups excluding carboxylic acids is 1. The second-order valence-electron chi connectivity index (χ2n) is 5.22. The maximum absolute atomic E-state index is 12.8. The Morgan fingerprint density at radius 2 is 2.15 bits per heavy atom. The molecule has 1 amide bonds. The molecule has 0 aromatic carbocycles. The van der Waals surface area contributed by atoms with Gasteiger partial charge in [0.1, 0.15) is 11.2 Å². The number of halogens is 1. The van der Waals surface area contributed by atoms with Crippen LogP contribution in [-0.2, 0) is 16.0 Å². The highest BCUT2D eigenvalue weighted by molar-refractivity contribution is 6.28. The molecule has 1 unspecified atom stereocenters. The molecule has 0 N–H and O–H groups in total. The van der Waals surface area contributed by atoms with Crippen molar-refractivity contribution in [2.75, 3.05) is 37.1 Å². The maximum atomic E-state index is 12.8. The van der Waals surface area contributed by atoms with Crippen molar-refractivity contribution in [3.63, 3.8) is 0 Å². The van der Waals surface area contributed by atoms with Gasteiger partial charge >= 0.3 is 0 Å². The molecule has 1 saturated heterocycles. The lowest BCUT2D eigenvalue weighted by Gasteiger charge is -2.45. The summed E-state index contributed by atoms with van der Waals surface area (Å²) in [6.45, 7) is 2.95. The average molecular weight is 297 g/mol. The van der Waals surface area contributed by atoms with E-state index >= 15 is 0 Å². The molecule has 1 spiro atoms. The number of fused-ring (bicyclic) bond motifs is 1. The maximum Gasteiger partial charge on any atom is 0.255 e. The Hall–Kier alpha value is -1.40. The van der Waals surface area contributed by atoms with Gasteiger partial charge in [0.2, 0.25) is 5.28 Å². The van der Waals surface area contributed by atoms with E-state index in [2.05, 4.69) is 9.97 Å². The standard InChI is InChI=1S/C13H17ClN4O2/c1-4-8-9-10(16-12(14)15-8)18(3)13(5-6-20-7-13)11(19)17(9)2/h4-7H2,1-3H3. The number of anilines is 2. The highest BCUT2D eigenvalue weighted by atomic mass is 35.5. The molecule has 1 aromatic heterocycles. The molecule has 0 saturated carbocycles. The van der Waals surface area contributed by atoms with E-state index in [9.17, 15) is 4.79 Å². The monoisotopic (exact) mass is 296 g/mol. The lowest BCUT2D eigenvalue weighted by molar-refractivity contribution is -0.123. The first-order valence-corrected chi connectivity index (χ1v) is 7.05. The molecule has 108 valence electrons. The summed E-state index contributed by atoms with van der Waals surface area (Å²) in [5, 5.41) is 0.212. The van der Waals surface area contributed by atoms with Crippen LogP contribution in [0.4, 0.5) is 11.5 Å². The molecule has 0 aliphatic carbocycles. The van der Waals surface area contributed by atoms with Crippen LogP contribution >= 0.6 is 11.6 Å². The second-order valence-corrected chi connectivity index (χ2v) is 5.56. The minimum absolute atomic E-state index is 0.0330. The fraction of sp³-hybridized carbons (Fsp3) is 0.615. The van der Waals surface area contributed by atoms with Crippen molar-refractivity contribution in [1.82, 2.24) is 9.97 Å². The fourth-order valence-electron chi connectivity index (χ4n) is 3.03. The number of aryl methyl sites for hydroxylation is 1. The van der Waals surface area contributed by atoms with E-state index in [1.54, 1.807) is 11.9 Å². The molecule has 1 aromatic rings. The first kappa shape index (κ1) is 13.6. The van der Waals surface area contributed by atoms with E-state index in [0.29, 0.717) is 31.9 Å². The highest BCUT2D eigenvalue weighted by Gasteiger charge is 2.52.